The van der Waals surface area contributed by atoms with Gasteiger partial charge in [-0.3, -0.25) is 14.5 Å². The van der Waals surface area contributed by atoms with E-state index >= 15 is 0 Å². The number of nitrogens with zero attached hydrogens (tertiary/aromatic N) is 3. The summed E-state index contributed by atoms with van der Waals surface area (Å²) in [6, 6.07) is 13.0. The predicted octanol–water partition coefficient (Wildman–Crippen LogP) is 4.06. The molecule has 6 nitrogen and oxygen atoms in total. The molecule has 0 aromatic heterocycles. The molecule has 6 heteroatoms. The minimum Gasteiger partial charge on any atom is -0.368 e. The van der Waals surface area contributed by atoms with E-state index in [-0.39, 0.29) is 11.8 Å². The summed E-state index contributed by atoms with van der Waals surface area (Å²) >= 11 is 0. The maximum Gasteiger partial charge on any atom is 0.238 e. The molecule has 4 rings (SSSR count). The minimum absolute atomic E-state index is 0.00446. The number of hydrogen-bond donors (Lipinski definition) is 1. The zero-order valence-electron chi connectivity index (χ0n) is 21.1. The number of hydrogen-bond acceptors (Lipinski definition) is 4. The molecule has 1 N–H and O–H groups in total. The number of piperazine rings is 1. The number of aryl methyl sites for hydroxylation is 3. The van der Waals surface area contributed by atoms with E-state index in [4.69, 9.17) is 0 Å². The van der Waals surface area contributed by atoms with Crippen LogP contribution in [0, 0.1) is 27.7 Å². The molecule has 2 amide bonds. The molecule has 182 valence electrons. The van der Waals surface area contributed by atoms with Crippen LogP contribution in [-0.4, -0.2) is 66.9 Å². The highest BCUT2D eigenvalue weighted by molar-refractivity contribution is 5.93. The van der Waals surface area contributed by atoms with E-state index in [0.29, 0.717) is 25.6 Å². The summed E-state index contributed by atoms with van der Waals surface area (Å²) in [5.74, 6) is 0.191. The highest BCUT2D eigenvalue weighted by Crippen LogP contribution is 2.27. The number of rotatable bonds is 8. The minimum atomic E-state index is -0.00446. The van der Waals surface area contributed by atoms with Crippen LogP contribution in [0.25, 0.3) is 0 Å². The molecule has 0 bridgehead atoms. The van der Waals surface area contributed by atoms with Gasteiger partial charge < -0.3 is 15.1 Å². The molecule has 0 radical (unpaired) electrons. The SMILES string of the molecule is Cc1ccc(C)c(NC(=O)CN(CCC(=O)N2CCN(c3cccc(C)c3C)CC2)C2CC2)c1. The Labute approximate surface area is 203 Å². The van der Waals surface area contributed by atoms with E-state index in [1.54, 1.807) is 0 Å². The van der Waals surface area contributed by atoms with Crippen LogP contribution in [-0.2, 0) is 9.59 Å². The second kappa shape index (κ2) is 10.6. The Balaban J connectivity index is 1.26. The summed E-state index contributed by atoms with van der Waals surface area (Å²) in [5.41, 5.74) is 6.97. The van der Waals surface area contributed by atoms with Gasteiger partial charge >= 0.3 is 0 Å². The lowest BCUT2D eigenvalue weighted by atomic mass is 10.1. The summed E-state index contributed by atoms with van der Waals surface area (Å²) in [6.45, 7) is 12.6. The highest BCUT2D eigenvalue weighted by atomic mass is 16.2. The summed E-state index contributed by atoms with van der Waals surface area (Å²) in [5, 5.41) is 3.06. The lowest BCUT2D eigenvalue weighted by Gasteiger charge is -2.37. The summed E-state index contributed by atoms with van der Waals surface area (Å²) in [4.78, 5) is 32.2. The molecule has 34 heavy (non-hydrogen) atoms. The van der Waals surface area contributed by atoms with Gasteiger partial charge in [-0.1, -0.05) is 24.3 Å². The zero-order chi connectivity index (χ0) is 24.2. The molecule has 2 aliphatic rings. The van der Waals surface area contributed by atoms with E-state index < -0.39 is 0 Å². The Morgan fingerprint density at radius 3 is 2.41 bits per heavy atom. The largest absolute Gasteiger partial charge is 0.368 e. The van der Waals surface area contributed by atoms with Gasteiger partial charge in [-0.15, -0.1) is 0 Å². The number of anilines is 2. The molecule has 0 unspecified atom stereocenters. The van der Waals surface area contributed by atoms with Crippen molar-refractivity contribution in [2.45, 2.75) is 53.0 Å². The second-order valence-electron chi connectivity index (χ2n) is 9.91. The van der Waals surface area contributed by atoms with E-state index in [1.165, 1.54) is 16.8 Å². The summed E-state index contributed by atoms with van der Waals surface area (Å²) in [6.07, 6.45) is 2.69. The van der Waals surface area contributed by atoms with Gasteiger partial charge in [-0.2, -0.15) is 0 Å². The third kappa shape index (κ3) is 5.98. The van der Waals surface area contributed by atoms with Crippen molar-refractivity contribution >= 4 is 23.2 Å². The Kier molecular flexibility index (Phi) is 7.57. The van der Waals surface area contributed by atoms with Crippen LogP contribution in [0.4, 0.5) is 11.4 Å². The van der Waals surface area contributed by atoms with Crippen LogP contribution in [0.2, 0.25) is 0 Å². The van der Waals surface area contributed by atoms with Crippen molar-refractivity contribution in [3.8, 4) is 0 Å². The topological polar surface area (TPSA) is 55.9 Å². The maximum atomic E-state index is 12.9. The van der Waals surface area contributed by atoms with Crippen molar-refractivity contribution in [2.75, 3.05) is 49.5 Å². The highest BCUT2D eigenvalue weighted by Gasteiger charge is 2.31. The Morgan fingerprint density at radius 1 is 0.971 bits per heavy atom. The van der Waals surface area contributed by atoms with E-state index in [9.17, 15) is 9.59 Å². The third-order valence-electron chi connectivity index (χ3n) is 7.24. The van der Waals surface area contributed by atoms with Crippen molar-refractivity contribution in [3.63, 3.8) is 0 Å². The molecular formula is C28H38N4O2. The molecule has 0 atom stereocenters. The first-order valence-corrected chi connectivity index (χ1v) is 12.5. The first-order chi connectivity index (χ1) is 16.3. The first kappa shape index (κ1) is 24.3. The van der Waals surface area contributed by atoms with Gasteiger partial charge in [-0.25, -0.2) is 0 Å². The smallest absolute Gasteiger partial charge is 0.238 e. The summed E-state index contributed by atoms with van der Waals surface area (Å²) < 4.78 is 0. The Morgan fingerprint density at radius 2 is 1.71 bits per heavy atom. The lowest BCUT2D eigenvalue weighted by molar-refractivity contribution is -0.132. The quantitative estimate of drug-likeness (QED) is 0.643. The molecular weight excluding hydrogens is 424 g/mol. The Hall–Kier alpha value is -2.86. The maximum absolute atomic E-state index is 12.9. The fourth-order valence-electron chi connectivity index (χ4n) is 4.75. The predicted molar refractivity (Wildman–Crippen MR) is 138 cm³/mol. The van der Waals surface area contributed by atoms with Crippen LogP contribution in [0.5, 0.6) is 0 Å². The molecule has 1 aliphatic carbocycles. The van der Waals surface area contributed by atoms with Gasteiger partial charge in [0.15, 0.2) is 0 Å². The first-order valence-electron chi connectivity index (χ1n) is 12.5. The van der Waals surface area contributed by atoms with E-state index in [2.05, 4.69) is 53.2 Å². The molecule has 2 aromatic carbocycles. The van der Waals surface area contributed by atoms with Crippen molar-refractivity contribution < 1.29 is 9.59 Å². The van der Waals surface area contributed by atoms with Crippen LogP contribution < -0.4 is 10.2 Å². The van der Waals surface area contributed by atoms with Crippen LogP contribution in [0.3, 0.4) is 0 Å². The van der Waals surface area contributed by atoms with E-state index in [0.717, 1.165) is 55.8 Å². The van der Waals surface area contributed by atoms with Gasteiger partial charge in [0, 0.05) is 56.6 Å². The average Bonchev–Trinajstić information content (AvgIpc) is 3.66. The van der Waals surface area contributed by atoms with Crippen molar-refractivity contribution in [1.29, 1.82) is 0 Å². The molecule has 2 aromatic rings. The lowest BCUT2D eigenvalue weighted by Crippen LogP contribution is -2.49. The molecule has 1 aliphatic heterocycles. The number of benzene rings is 2. The Bertz CT molecular complexity index is 1040. The number of carbonyl (C=O) groups is 2. The molecule has 1 saturated carbocycles. The normalized spacial score (nSPS) is 16.1. The zero-order valence-corrected chi connectivity index (χ0v) is 21.1. The molecule has 2 fully saturated rings. The van der Waals surface area contributed by atoms with Gasteiger partial charge in [0.1, 0.15) is 0 Å². The molecule has 0 spiro atoms. The van der Waals surface area contributed by atoms with E-state index in [1.807, 2.05) is 30.9 Å². The fraction of sp³-hybridized carbons (Fsp3) is 0.500. The summed E-state index contributed by atoms with van der Waals surface area (Å²) in [7, 11) is 0. The van der Waals surface area contributed by atoms with Crippen molar-refractivity contribution in [3.05, 3.63) is 58.7 Å². The number of amides is 2. The van der Waals surface area contributed by atoms with Gasteiger partial charge in [-0.05, 0) is 74.9 Å². The van der Waals surface area contributed by atoms with Gasteiger partial charge in [0.25, 0.3) is 0 Å². The monoisotopic (exact) mass is 462 g/mol. The standard InChI is InChI=1S/C28H38N4O2/c1-20-8-9-22(3)25(18-20)29-27(33)19-32(24-10-11-24)13-12-28(34)31-16-14-30(15-17-31)26-7-5-6-21(2)23(26)4/h5-9,18,24H,10-17,19H2,1-4H3,(H,29,33). The van der Waals surface area contributed by atoms with Crippen molar-refractivity contribution in [1.82, 2.24) is 9.80 Å². The van der Waals surface area contributed by atoms with Crippen LogP contribution in [0.15, 0.2) is 36.4 Å². The van der Waals surface area contributed by atoms with Crippen molar-refractivity contribution in [2.24, 2.45) is 0 Å². The van der Waals surface area contributed by atoms with Gasteiger partial charge in [0.2, 0.25) is 11.8 Å². The average molecular weight is 463 g/mol. The molecule has 1 saturated heterocycles. The molecule has 1 heterocycles. The number of carbonyl (C=O) groups excluding carboxylic acids is 2. The van der Waals surface area contributed by atoms with Crippen LogP contribution >= 0.6 is 0 Å². The second-order valence-corrected chi connectivity index (χ2v) is 9.91. The van der Waals surface area contributed by atoms with Gasteiger partial charge in [0.05, 0.1) is 6.54 Å². The fourth-order valence-corrected chi connectivity index (χ4v) is 4.75. The number of nitrogens with one attached hydrogen (secondary N) is 1. The third-order valence-corrected chi connectivity index (χ3v) is 7.24. The van der Waals surface area contributed by atoms with Crippen LogP contribution in [0.1, 0.15) is 41.5 Å².